The van der Waals surface area contributed by atoms with E-state index in [1.54, 1.807) is 31.2 Å². The Morgan fingerprint density at radius 3 is 2.12 bits per heavy atom. The van der Waals surface area contributed by atoms with Gasteiger partial charge in [-0.1, -0.05) is 58.9 Å². The van der Waals surface area contributed by atoms with Gasteiger partial charge in [0.2, 0.25) is 5.91 Å². The van der Waals surface area contributed by atoms with Gasteiger partial charge < -0.3 is 10.6 Å². The fourth-order valence-corrected chi connectivity index (χ4v) is 3.90. The number of anilines is 1. The van der Waals surface area contributed by atoms with Crippen LogP contribution in [0.1, 0.15) is 69.4 Å². The summed E-state index contributed by atoms with van der Waals surface area (Å²) >= 11 is 0. The number of Topliss-reactive ketones (excluding diaryl/α,β-unsaturated/α-hetero) is 1. The maximum Gasteiger partial charge on any atom is 0.325 e. The first-order valence-electron chi connectivity index (χ1n) is 11.5. The van der Waals surface area contributed by atoms with Gasteiger partial charge in [0.25, 0.3) is 5.91 Å². The van der Waals surface area contributed by atoms with Crippen molar-refractivity contribution in [2.75, 3.05) is 11.9 Å². The first kappa shape index (κ1) is 25.1. The van der Waals surface area contributed by atoms with Gasteiger partial charge in [0, 0.05) is 17.7 Å². The fraction of sp³-hybridized carbons (Fsp3) is 0.407. The normalized spacial score (nSPS) is 18.3. The number of benzene rings is 2. The number of ketones is 1. The second-order valence-electron chi connectivity index (χ2n) is 10.4. The fourth-order valence-electron chi connectivity index (χ4n) is 3.90. The molecule has 3 rings (SSSR count). The third-order valence-electron chi connectivity index (χ3n) is 5.99. The summed E-state index contributed by atoms with van der Waals surface area (Å²) in [7, 11) is 0. The number of hydrogen-bond donors (Lipinski definition) is 2. The van der Waals surface area contributed by atoms with Gasteiger partial charge in [0.05, 0.1) is 6.54 Å². The second kappa shape index (κ2) is 9.41. The van der Waals surface area contributed by atoms with E-state index in [4.69, 9.17) is 0 Å². The molecule has 2 aromatic carbocycles. The summed E-state index contributed by atoms with van der Waals surface area (Å²) in [5, 5.41) is 5.54. The van der Waals surface area contributed by atoms with Gasteiger partial charge in [-0.2, -0.15) is 0 Å². The number of hydrogen-bond acceptors (Lipinski definition) is 4. The first-order chi connectivity index (χ1) is 15.8. The minimum absolute atomic E-state index is 0.0341. The van der Waals surface area contributed by atoms with Crippen molar-refractivity contribution < 1.29 is 19.2 Å². The van der Waals surface area contributed by atoms with E-state index in [0.29, 0.717) is 23.2 Å². The Morgan fingerprint density at radius 2 is 1.59 bits per heavy atom. The molecule has 1 heterocycles. The van der Waals surface area contributed by atoms with E-state index in [1.165, 1.54) is 0 Å². The number of carbonyl (C=O) groups is 4. The molecule has 34 heavy (non-hydrogen) atoms. The number of imide groups is 1. The highest BCUT2D eigenvalue weighted by Crippen LogP contribution is 2.31. The lowest BCUT2D eigenvalue weighted by Gasteiger charge is -2.24. The van der Waals surface area contributed by atoms with E-state index in [0.717, 1.165) is 10.5 Å². The lowest BCUT2D eigenvalue weighted by atomic mass is 9.84. The van der Waals surface area contributed by atoms with Crippen molar-refractivity contribution in [3.8, 4) is 0 Å². The van der Waals surface area contributed by atoms with Crippen molar-refractivity contribution in [2.45, 2.75) is 58.9 Å². The van der Waals surface area contributed by atoms with Crippen LogP contribution in [0.5, 0.6) is 0 Å². The van der Waals surface area contributed by atoms with Gasteiger partial charge in [0.15, 0.2) is 5.78 Å². The Labute approximate surface area is 200 Å². The minimum atomic E-state index is -1.24. The molecule has 1 aliphatic rings. The van der Waals surface area contributed by atoms with Gasteiger partial charge in [0.1, 0.15) is 5.54 Å². The molecule has 0 spiro atoms. The molecule has 0 aliphatic carbocycles. The molecule has 1 unspecified atom stereocenters. The van der Waals surface area contributed by atoms with Crippen LogP contribution in [-0.4, -0.2) is 35.1 Å². The SMILES string of the molecule is CC(C)CC(=O)Nc1ccc(C(=O)CN2C(=O)NC(C)(c3ccc(C(C)(C)C)cc3)C2=O)cc1. The molecular formula is C27H33N3O4. The molecule has 0 aromatic heterocycles. The highest BCUT2D eigenvalue weighted by Gasteiger charge is 2.49. The van der Waals surface area contributed by atoms with E-state index in [2.05, 4.69) is 31.4 Å². The van der Waals surface area contributed by atoms with E-state index in [1.807, 2.05) is 38.1 Å². The number of rotatable bonds is 7. The van der Waals surface area contributed by atoms with Gasteiger partial charge in [-0.05, 0) is 53.6 Å². The summed E-state index contributed by atoms with van der Waals surface area (Å²) in [6.45, 7) is 11.5. The number of amides is 4. The summed E-state index contributed by atoms with van der Waals surface area (Å²) in [6.07, 6.45) is 0.407. The van der Waals surface area contributed by atoms with E-state index in [-0.39, 0.29) is 29.6 Å². The van der Waals surface area contributed by atoms with E-state index in [9.17, 15) is 19.2 Å². The summed E-state index contributed by atoms with van der Waals surface area (Å²) in [5.41, 5.74) is 1.45. The van der Waals surface area contributed by atoms with Crippen LogP contribution >= 0.6 is 0 Å². The molecule has 0 radical (unpaired) electrons. The molecule has 7 heteroatoms. The van der Waals surface area contributed by atoms with Crippen LogP contribution < -0.4 is 10.6 Å². The number of carbonyl (C=O) groups excluding carboxylic acids is 4. The van der Waals surface area contributed by atoms with Gasteiger partial charge >= 0.3 is 6.03 Å². The average molecular weight is 464 g/mol. The summed E-state index contributed by atoms with van der Waals surface area (Å²) in [5.74, 6) is -0.682. The molecule has 4 amide bonds. The third kappa shape index (κ3) is 5.35. The molecule has 1 saturated heterocycles. The molecular weight excluding hydrogens is 430 g/mol. The maximum atomic E-state index is 13.2. The van der Waals surface area contributed by atoms with Crippen LogP contribution in [0, 0.1) is 5.92 Å². The highest BCUT2D eigenvalue weighted by atomic mass is 16.2. The highest BCUT2D eigenvalue weighted by molar-refractivity contribution is 6.11. The van der Waals surface area contributed by atoms with Crippen LogP contribution in [0.4, 0.5) is 10.5 Å². The Morgan fingerprint density at radius 1 is 1.00 bits per heavy atom. The second-order valence-corrected chi connectivity index (χ2v) is 10.4. The Hall–Kier alpha value is -3.48. The zero-order valence-corrected chi connectivity index (χ0v) is 20.7. The monoisotopic (exact) mass is 463 g/mol. The molecule has 180 valence electrons. The van der Waals surface area contributed by atoms with Crippen LogP contribution in [0.2, 0.25) is 0 Å². The number of nitrogens with zero attached hydrogens (tertiary/aromatic N) is 1. The van der Waals surface area contributed by atoms with Crippen molar-refractivity contribution >= 4 is 29.3 Å². The molecule has 2 N–H and O–H groups in total. The van der Waals surface area contributed by atoms with Gasteiger partial charge in [-0.25, -0.2) is 4.79 Å². The molecule has 1 aliphatic heterocycles. The van der Waals surface area contributed by atoms with E-state index >= 15 is 0 Å². The van der Waals surface area contributed by atoms with E-state index < -0.39 is 17.5 Å². The zero-order chi connectivity index (χ0) is 25.3. The Bertz CT molecular complexity index is 1100. The van der Waals surface area contributed by atoms with Crippen molar-refractivity contribution in [1.82, 2.24) is 10.2 Å². The Balaban J connectivity index is 1.70. The van der Waals surface area contributed by atoms with Gasteiger partial charge in [-0.15, -0.1) is 0 Å². The maximum absolute atomic E-state index is 13.2. The topological polar surface area (TPSA) is 95.6 Å². The van der Waals surface area contributed by atoms with Crippen LogP contribution in [0.25, 0.3) is 0 Å². The predicted molar refractivity (Wildman–Crippen MR) is 132 cm³/mol. The third-order valence-corrected chi connectivity index (χ3v) is 5.99. The summed E-state index contributed by atoms with van der Waals surface area (Å²) in [6, 6.07) is 13.4. The lowest BCUT2D eigenvalue weighted by molar-refractivity contribution is -0.130. The lowest BCUT2D eigenvalue weighted by Crippen LogP contribution is -2.41. The average Bonchev–Trinajstić information content (AvgIpc) is 2.97. The first-order valence-corrected chi connectivity index (χ1v) is 11.5. The smallest absolute Gasteiger partial charge is 0.325 e. The quantitative estimate of drug-likeness (QED) is 0.463. The van der Waals surface area contributed by atoms with Crippen LogP contribution in [-0.2, 0) is 20.5 Å². The van der Waals surface area contributed by atoms with Crippen LogP contribution in [0.15, 0.2) is 48.5 Å². The van der Waals surface area contributed by atoms with Crippen molar-refractivity contribution in [3.63, 3.8) is 0 Å². The standard InChI is InChI=1S/C27H33N3O4/c1-17(2)15-23(32)28-21-13-7-18(8-14-21)22(31)16-30-24(33)27(6,29-25(30)34)20-11-9-19(10-12-20)26(3,4)5/h7-14,17H,15-16H2,1-6H3,(H,28,32)(H,29,34). The summed E-state index contributed by atoms with van der Waals surface area (Å²) in [4.78, 5) is 51.5. The molecule has 0 saturated carbocycles. The van der Waals surface area contributed by atoms with Crippen molar-refractivity contribution in [2.24, 2.45) is 5.92 Å². The minimum Gasteiger partial charge on any atom is -0.326 e. The van der Waals surface area contributed by atoms with Crippen molar-refractivity contribution in [1.29, 1.82) is 0 Å². The summed E-state index contributed by atoms with van der Waals surface area (Å²) < 4.78 is 0. The molecule has 1 atom stereocenters. The van der Waals surface area contributed by atoms with Crippen molar-refractivity contribution in [3.05, 3.63) is 65.2 Å². The number of urea groups is 1. The predicted octanol–water partition coefficient (Wildman–Crippen LogP) is 4.62. The molecule has 0 bridgehead atoms. The zero-order valence-electron chi connectivity index (χ0n) is 20.7. The number of nitrogens with one attached hydrogen (secondary N) is 2. The van der Waals surface area contributed by atoms with Gasteiger partial charge in [-0.3, -0.25) is 19.3 Å². The van der Waals surface area contributed by atoms with Crippen LogP contribution in [0.3, 0.4) is 0 Å². The Kier molecular flexibility index (Phi) is 6.96. The molecule has 7 nitrogen and oxygen atoms in total. The molecule has 2 aromatic rings. The largest absolute Gasteiger partial charge is 0.326 e. The molecule has 1 fully saturated rings.